The molecular formula is C34H49FN2O5. The summed E-state index contributed by atoms with van der Waals surface area (Å²) in [6, 6.07) is 0. The number of carbonyl (C=O) groups excluding carboxylic acids is 2. The van der Waals surface area contributed by atoms with Crippen molar-refractivity contribution in [1.29, 1.82) is 0 Å². The summed E-state index contributed by atoms with van der Waals surface area (Å²) in [4.78, 5) is 31.6. The molecular weight excluding hydrogens is 535 g/mol. The molecule has 7 nitrogen and oxygen atoms in total. The van der Waals surface area contributed by atoms with E-state index in [9.17, 15) is 14.7 Å². The smallest absolute Gasteiger partial charge is 0.181 e. The quantitative estimate of drug-likeness (QED) is 0.496. The van der Waals surface area contributed by atoms with Crippen molar-refractivity contribution in [2.24, 2.45) is 28.6 Å². The molecule has 2 heterocycles. The summed E-state index contributed by atoms with van der Waals surface area (Å²) >= 11 is 0. The number of ether oxygens (including phenoxy) is 2. The van der Waals surface area contributed by atoms with Gasteiger partial charge in [-0.25, -0.2) is 4.39 Å². The van der Waals surface area contributed by atoms with E-state index in [0.29, 0.717) is 19.4 Å². The maximum absolute atomic E-state index is 17.8. The van der Waals surface area contributed by atoms with Crippen molar-refractivity contribution < 1.29 is 28.6 Å². The van der Waals surface area contributed by atoms with Crippen LogP contribution in [0, 0.1) is 28.6 Å². The lowest BCUT2D eigenvalue weighted by molar-refractivity contribution is -0.232. The Balaban J connectivity index is 1.26. The Bertz CT molecular complexity index is 1180. The van der Waals surface area contributed by atoms with Crippen molar-refractivity contribution in [2.45, 2.75) is 108 Å². The molecule has 0 aromatic rings. The van der Waals surface area contributed by atoms with Gasteiger partial charge in [0.1, 0.15) is 0 Å². The SMILES string of the molecule is CN1CCCN(CC(=O)[C@@]23O[C@H](C4CCCCC4)O[C@@H]2C[C@H]2[C@@H]4CC=C5CC(=O)C=C[C@]5(C)[C@@]4(F)[C@@H](O)C[C@@]23C)CC1. The van der Waals surface area contributed by atoms with Gasteiger partial charge in [-0.1, -0.05) is 43.9 Å². The Hall–Kier alpha value is -1.45. The third-order valence-corrected chi connectivity index (χ3v) is 13.0. The molecule has 0 bridgehead atoms. The molecule has 7 aliphatic rings. The Kier molecular flexibility index (Phi) is 7.18. The molecule has 9 atom stereocenters. The second-order valence-corrected chi connectivity index (χ2v) is 15.1. The third kappa shape index (κ3) is 4.00. The molecule has 0 unspecified atom stereocenters. The van der Waals surface area contributed by atoms with E-state index in [4.69, 9.17) is 9.47 Å². The van der Waals surface area contributed by atoms with Crippen molar-refractivity contribution in [2.75, 3.05) is 39.8 Å². The zero-order chi connectivity index (χ0) is 29.5. The average Bonchev–Trinajstić information content (AvgIpc) is 3.38. The van der Waals surface area contributed by atoms with Crippen LogP contribution in [-0.4, -0.2) is 96.0 Å². The molecule has 0 aromatic carbocycles. The normalized spacial score (nSPS) is 48.2. The van der Waals surface area contributed by atoms with Crippen LogP contribution in [0.3, 0.4) is 0 Å². The summed E-state index contributed by atoms with van der Waals surface area (Å²) in [6.45, 7) is 7.84. The van der Waals surface area contributed by atoms with Crippen LogP contribution in [0.1, 0.15) is 78.1 Å². The first-order valence-electron chi connectivity index (χ1n) is 16.6. The molecule has 0 radical (unpaired) electrons. The van der Waals surface area contributed by atoms with E-state index < -0.39 is 46.5 Å². The molecule has 1 N–H and O–H groups in total. The maximum Gasteiger partial charge on any atom is 0.181 e. The molecule has 5 aliphatic carbocycles. The van der Waals surface area contributed by atoms with Gasteiger partial charge in [0, 0.05) is 42.2 Å². The fraction of sp³-hybridized carbons (Fsp3) is 0.824. The van der Waals surface area contributed by atoms with Crippen LogP contribution in [-0.2, 0) is 19.1 Å². The number of likely N-dealkylation sites (N-methyl/N-ethyl adjacent to an activating group) is 1. The monoisotopic (exact) mass is 584 g/mol. The van der Waals surface area contributed by atoms with Crippen LogP contribution < -0.4 is 0 Å². The van der Waals surface area contributed by atoms with Crippen LogP contribution in [0.2, 0.25) is 0 Å². The lowest BCUT2D eigenvalue weighted by Gasteiger charge is -2.62. The number of hydrogen-bond acceptors (Lipinski definition) is 7. The number of nitrogens with zero attached hydrogens (tertiary/aromatic N) is 2. The number of rotatable bonds is 4. The highest BCUT2D eigenvalue weighted by molar-refractivity contribution is 5.94. The van der Waals surface area contributed by atoms with Crippen molar-refractivity contribution in [1.82, 2.24) is 9.80 Å². The van der Waals surface area contributed by atoms with E-state index >= 15 is 4.39 Å². The fourth-order valence-corrected chi connectivity index (χ4v) is 10.6. The number of halogens is 1. The molecule has 8 heteroatoms. The number of carbonyl (C=O) groups is 2. The maximum atomic E-state index is 17.8. The Labute approximate surface area is 249 Å². The van der Waals surface area contributed by atoms with Gasteiger partial charge in [-0.05, 0) is 77.6 Å². The van der Waals surface area contributed by atoms with Gasteiger partial charge in [-0.2, -0.15) is 0 Å². The number of aliphatic hydroxyl groups is 1. The van der Waals surface area contributed by atoms with Gasteiger partial charge in [0.05, 0.1) is 18.8 Å². The second-order valence-electron chi connectivity index (χ2n) is 15.1. The standard InChI is InChI=1S/C34H49FN2O5/c1-31-13-12-24(38)18-23(31)10-11-25-26-19-29-34(32(26,2)20-27(39)33(25,31)35,42-30(41-29)22-8-5-4-6-9-22)28(40)21-37-15-7-14-36(3)16-17-37/h10,12-13,22,25-27,29-30,39H,4-9,11,14-21H2,1-3H3/t25-,26-,27-,29+,30+,31-,32-,33-,34+/m0/s1. The predicted octanol–water partition coefficient (Wildman–Crippen LogP) is 4.23. The van der Waals surface area contributed by atoms with Crippen LogP contribution in [0.15, 0.2) is 23.8 Å². The van der Waals surface area contributed by atoms with E-state index in [0.717, 1.165) is 63.9 Å². The van der Waals surface area contributed by atoms with Gasteiger partial charge in [0.25, 0.3) is 0 Å². The highest BCUT2D eigenvalue weighted by Gasteiger charge is 2.79. The second kappa shape index (κ2) is 10.3. The summed E-state index contributed by atoms with van der Waals surface area (Å²) in [5, 5.41) is 11.9. The molecule has 0 aromatic heterocycles. The first-order chi connectivity index (χ1) is 20.0. The summed E-state index contributed by atoms with van der Waals surface area (Å²) in [7, 11) is 2.12. The largest absolute Gasteiger partial charge is 0.390 e. The first kappa shape index (κ1) is 29.3. The highest BCUT2D eigenvalue weighted by atomic mass is 19.1. The van der Waals surface area contributed by atoms with Crippen LogP contribution >= 0.6 is 0 Å². The van der Waals surface area contributed by atoms with Crippen molar-refractivity contribution in [3.8, 4) is 0 Å². The lowest BCUT2D eigenvalue weighted by atomic mass is 9.45. The minimum atomic E-state index is -1.93. The molecule has 232 valence electrons. The van der Waals surface area contributed by atoms with Gasteiger partial charge >= 0.3 is 0 Å². The Morgan fingerprint density at radius 1 is 1.10 bits per heavy atom. The van der Waals surface area contributed by atoms with E-state index in [1.54, 1.807) is 6.08 Å². The molecule has 7 rings (SSSR count). The van der Waals surface area contributed by atoms with E-state index in [-0.39, 0.29) is 36.2 Å². The van der Waals surface area contributed by atoms with Gasteiger partial charge in [0.2, 0.25) is 0 Å². The zero-order valence-electron chi connectivity index (χ0n) is 25.7. The van der Waals surface area contributed by atoms with E-state index in [1.165, 1.54) is 12.5 Å². The minimum absolute atomic E-state index is 0.0221. The van der Waals surface area contributed by atoms with Crippen LogP contribution in [0.25, 0.3) is 0 Å². The molecule has 5 fully saturated rings. The summed E-state index contributed by atoms with van der Waals surface area (Å²) in [6.07, 6.45) is 11.0. The van der Waals surface area contributed by atoms with Gasteiger partial charge in [-0.3, -0.25) is 14.5 Å². The first-order valence-corrected chi connectivity index (χ1v) is 16.6. The van der Waals surface area contributed by atoms with Crippen molar-refractivity contribution >= 4 is 11.6 Å². The molecule has 42 heavy (non-hydrogen) atoms. The fourth-order valence-electron chi connectivity index (χ4n) is 10.6. The van der Waals surface area contributed by atoms with Crippen molar-refractivity contribution in [3.05, 3.63) is 23.8 Å². The molecule has 2 saturated heterocycles. The highest BCUT2D eigenvalue weighted by Crippen LogP contribution is 2.71. The van der Waals surface area contributed by atoms with E-state index in [1.807, 2.05) is 13.0 Å². The van der Waals surface area contributed by atoms with E-state index in [2.05, 4.69) is 23.8 Å². The Morgan fingerprint density at radius 2 is 1.88 bits per heavy atom. The molecule has 0 amide bonds. The molecule has 2 aliphatic heterocycles. The number of allylic oxidation sites excluding steroid dienone is 4. The molecule has 0 spiro atoms. The minimum Gasteiger partial charge on any atom is -0.390 e. The third-order valence-electron chi connectivity index (χ3n) is 13.0. The summed E-state index contributed by atoms with van der Waals surface area (Å²) < 4.78 is 31.6. The summed E-state index contributed by atoms with van der Waals surface area (Å²) in [5.41, 5.74) is -4.18. The average molecular weight is 585 g/mol. The van der Waals surface area contributed by atoms with Crippen LogP contribution in [0.5, 0.6) is 0 Å². The van der Waals surface area contributed by atoms with Crippen molar-refractivity contribution in [3.63, 3.8) is 0 Å². The molecule has 3 saturated carbocycles. The van der Waals surface area contributed by atoms with Crippen LogP contribution in [0.4, 0.5) is 4.39 Å². The summed E-state index contributed by atoms with van der Waals surface area (Å²) in [5.74, 6) is -0.407. The number of alkyl halides is 1. The van der Waals surface area contributed by atoms with Gasteiger partial charge in [0.15, 0.2) is 29.1 Å². The number of hydrogen-bond donors (Lipinski definition) is 1. The number of Topliss-reactive ketones (excluding diaryl/α,β-unsaturated/α-hetero) is 1. The lowest BCUT2D eigenvalue weighted by Crippen LogP contribution is -2.69. The predicted molar refractivity (Wildman–Crippen MR) is 156 cm³/mol. The Morgan fingerprint density at radius 3 is 2.67 bits per heavy atom. The topological polar surface area (TPSA) is 79.3 Å². The number of fused-ring (bicyclic) bond motifs is 7. The number of aliphatic hydroxyl groups excluding tert-OH is 1. The van der Waals surface area contributed by atoms with Gasteiger partial charge in [-0.15, -0.1) is 0 Å². The van der Waals surface area contributed by atoms with Gasteiger partial charge < -0.3 is 19.5 Å². The zero-order valence-corrected chi connectivity index (χ0v) is 25.7. The number of ketones is 2.